The summed E-state index contributed by atoms with van der Waals surface area (Å²) in [6.45, 7) is 6.02. The van der Waals surface area contributed by atoms with E-state index in [0.29, 0.717) is 0 Å². The molecule has 5 nitrogen and oxygen atoms in total. The monoisotopic (exact) mass is 282 g/mol. The molecule has 0 spiro atoms. The molecule has 1 atom stereocenters. The van der Waals surface area contributed by atoms with Crippen LogP contribution < -0.4 is 0 Å². The minimum absolute atomic E-state index is 0.0257. The zero-order valence-electron chi connectivity index (χ0n) is 11.3. The highest BCUT2D eigenvalue weighted by atomic mass is 32.2. The second-order valence-electron chi connectivity index (χ2n) is 5.32. The maximum absolute atomic E-state index is 12.3. The molecule has 1 unspecified atom stereocenters. The number of hydrogen-bond acceptors (Lipinski definition) is 4. The van der Waals surface area contributed by atoms with Gasteiger partial charge in [-0.1, -0.05) is 26.8 Å². The van der Waals surface area contributed by atoms with Crippen LogP contribution in [0.4, 0.5) is 0 Å². The van der Waals surface area contributed by atoms with Crippen LogP contribution in [0.15, 0.2) is 18.2 Å². The van der Waals surface area contributed by atoms with Gasteiger partial charge in [-0.05, 0) is 24.0 Å². The van der Waals surface area contributed by atoms with Gasteiger partial charge in [0, 0.05) is 12.2 Å². The summed E-state index contributed by atoms with van der Waals surface area (Å²) < 4.78 is 24.7. The van der Waals surface area contributed by atoms with Gasteiger partial charge in [0.25, 0.3) is 5.91 Å². The van der Waals surface area contributed by atoms with Crippen molar-refractivity contribution in [1.29, 1.82) is 0 Å². The SMILES string of the molecule is CC1CN(C(=O)c2cccc(C(C)C)n2)S(=O)(=O)C1. The van der Waals surface area contributed by atoms with Crippen LogP contribution in [0, 0.1) is 5.92 Å². The van der Waals surface area contributed by atoms with E-state index in [0.717, 1.165) is 10.00 Å². The van der Waals surface area contributed by atoms with Gasteiger partial charge in [-0.15, -0.1) is 0 Å². The molecule has 1 aromatic rings. The smallest absolute Gasteiger partial charge is 0.266 e. The molecule has 1 saturated heterocycles. The van der Waals surface area contributed by atoms with Crippen molar-refractivity contribution in [2.45, 2.75) is 26.7 Å². The molecule has 19 heavy (non-hydrogen) atoms. The summed E-state index contributed by atoms with van der Waals surface area (Å²) in [7, 11) is -3.47. The first-order valence-electron chi connectivity index (χ1n) is 6.33. The number of rotatable bonds is 2. The van der Waals surface area contributed by atoms with Crippen molar-refractivity contribution in [2.75, 3.05) is 12.3 Å². The third kappa shape index (κ3) is 2.78. The predicted octanol–water partition coefficient (Wildman–Crippen LogP) is 1.63. The fourth-order valence-electron chi connectivity index (χ4n) is 2.13. The number of nitrogens with zero attached hydrogens (tertiary/aromatic N) is 2. The van der Waals surface area contributed by atoms with Gasteiger partial charge < -0.3 is 0 Å². The van der Waals surface area contributed by atoms with E-state index >= 15 is 0 Å². The maximum atomic E-state index is 12.3. The Hall–Kier alpha value is -1.43. The van der Waals surface area contributed by atoms with Crippen molar-refractivity contribution in [3.05, 3.63) is 29.6 Å². The molecule has 104 valence electrons. The minimum atomic E-state index is -3.47. The zero-order valence-corrected chi connectivity index (χ0v) is 12.1. The highest BCUT2D eigenvalue weighted by molar-refractivity contribution is 7.89. The largest absolute Gasteiger partial charge is 0.285 e. The normalized spacial score (nSPS) is 21.9. The number of sulfonamides is 1. The molecule has 1 aliphatic rings. The first-order chi connectivity index (χ1) is 8.81. The molecular formula is C13H18N2O3S. The Morgan fingerprint density at radius 2 is 2.11 bits per heavy atom. The van der Waals surface area contributed by atoms with Crippen molar-refractivity contribution in [1.82, 2.24) is 9.29 Å². The lowest BCUT2D eigenvalue weighted by molar-refractivity contribution is 0.0857. The average molecular weight is 282 g/mol. The molecule has 6 heteroatoms. The van der Waals surface area contributed by atoms with Crippen LogP contribution in [0.1, 0.15) is 42.9 Å². The molecule has 2 heterocycles. The molecular weight excluding hydrogens is 264 g/mol. The molecule has 0 saturated carbocycles. The molecule has 1 amide bonds. The topological polar surface area (TPSA) is 67.3 Å². The highest BCUT2D eigenvalue weighted by Crippen LogP contribution is 2.21. The molecule has 1 aromatic heterocycles. The van der Waals surface area contributed by atoms with Crippen LogP contribution in [-0.2, 0) is 10.0 Å². The standard InChI is InChI=1S/C13H18N2O3S/c1-9(2)11-5-4-6-12(14-11)13(16)15-7-10(3)8-19(15,17)18/h4-6,9-10H,7-8H2,1-3H3. The maximum Gasteiger partial charge on any atom is 0.285 e. The Balaban J connectivity index is 2.32. The number of carbonyl (C=O) groups excluding carboxylic acids is 1. The van der Waals surface area contributed by atoms with Crippen molar-refractivity contribution >= 4 is 15.9 Å². The van der Waals surface area contributed by atoms with Gasteiger partial charge in [0.2, 0.25) is 10.0 Å². The van der Waals surface area contributed by atoms with E-state index in [1.54, 1.807) is 12.1 Å². The van der Waals surface area contributed by atoms with Gasteiger partial charge in [0.05, 0.1) is 5.75 Å². The third-order valence-electron chi connectivity index (χ3n) is 3.12. The lowest BCUT2D eigenvalue weighted by Gasteiger charge is -2.15. The zero-order chi connectivity index (χ0) is 14.2. The molecule has 0 aromatic carbocycles. The molecule has 0 aliphatic carbocycles. The number of hydrogen-bond donors (Lipinski definition) is 0. The molecule has 1 aliphatic heterocycles. The van der Waals surface area contributed by atoms with Gasteiger partial charge in [-0.3, -0.25) is 4.79 Å². The molecule has 0 bridgehead atoms. The molecule has 2 rings (SSSR count). The van der Waals surface area contributed by atoms with E-state index in [9.17, 15) is 13.2 Å². The summed E-state index contributed by atoms with van der Waals surface area (Å²) in [6.07, 6.45) is 0. The summed E-state index contributed by atoms with van der Waals surface area (Å²) in [5, 5.41) is 0. The van der Waals surface area contributed by atoms with Gasteiger partial charge in [0.1, 0.15) is 5.69 Å². The Kier molecular flexibility index (Phi) is 3.62. The second kappa shape index (κ2) is 4.92. The van der Waals surface area contributed by atoms with Gasteiger partial charge in [0.15, 0.2) is 0 Å². The number of pyridine rings is 1. The van der Waals surface area contributed by atoms with Crippen LogP contribution in [0.2, 0.25) is 0 Å². The van der Waals surface area contributed by atoms with Gasteiger partial charge in [-0.25, -0.2) is 17.7 Å². The van der Waals surface area contributed by atoms with Gasteiger partial charge >= 0.3 is 0 Å². The van der Waals surface area contributed by atoms with Crippen LogP contribution in [-0.4, -0.2) is 35.9 Å². The molecule has 0 radical (unpaired) electrons. The second-order valence-corrected chi connectivity index (χ2v) is 7.26. The fraction of sp³-hybridized carbons (Fsp3) is 0.538. The summed E-state index contributed by atoms with van der Waals surface area (Å²) in [5.41, 5.74) is 0.986. The van der Waals surface area contributed by atoms with Crippen LogP contribution in [0.3, 0.4) is 0 Å². The van der Waals surface area contributed by atoms with E-state index in [1.807, 2.05) is 26.8 Å². The Morgan fingerprint density at radius 1 is 1.42 bits per heavy atom. The molecule has 1 fully saturated rings. The van der Waals surface area contributed by atoms with E-state index in [1.165, 1.54) is 0 Å². The summed E-state index contributed by atoms with van der Waals surface area (Å²) in [6, 6.07) is 5.14. The Bertz CT molecular complexity index is 596. The highest BCUT2D eigenvalue weighted by Gasteiger charge is 2.38. The van der Waals surface area contributed by atoms with E-state index < -0.39 is 15.9 Å². The lowest BCUT2D eigenvalue weighted by Crippen LogP contribution is -2.33. The third-order valence-corrected chi connectivity index (χ3v) is 5.09. The average Bonchev–Trinajstić information content (AvgIpc) is 2.61. The first-order valence-corrected chi connectivity index (χ1v) is 7.94. The summed E-state index contributed by atoms with van der Waals surface area (Å²) in [5.74, 6) is -0.321. The van der Waals surface area contributed by atoms with Crippen molar-refractivity contribution in [3.8, 4) is 0 Å². The van der Waals surface area contributed by atoms with Crippen molar-refractivity contribution in [2.24, 2.45) is 5.92 Å². The van der Waals surface area contributed by atoms with Gasteiger partial charge in [-0.2, -0.15) is 0 Å². The van der Waals surface area contributed by atoms with E-state index in [4.69, 9.17) is 0 Å². The van der Waals surface area contributed by atoms with E-state index in [-0.39, 0.29) is 29.8 Å². The van der Waals surface area contributed by atoms with E-state index in [2.05, 4.69) is 4.98 Å². The fourth-order valence-corrected chi connectivity index (χ4v) is 3.96. The first kappa shape index (κ1) is 14.0. The van der Waals surface area contributed by atoms with Crippen LogP contribution in [0.25, 0.3) is 0 Å². The lowest BCUT2D eigenvalue weighted by atomic mass is 10.1. The number of carbonyl (C=O) groups is 1. The van der Waals surface area contributed by atoms with Crippen molar-refractivity contribution < 1.29 is 13.2 Å². The number of aromatic nitrogens is 1. The summed E-state index contributed by atoms with van der Waals surface area (Å²) in [4.78, 5) is 16.5. The van der Waals surface area contributed by atoms with Crippen LogP contribution >= 0.6 is 0 Å². The molecule has 0 N–H and O–H groups in total. The minimum Gasteiger partial charge on any atom is -0.266 e. The Labute approximate surface area is 113 Å². The van der Waals surface area contributed by atoms with Crippen molar-refractivity contribution in [3.63, 3.8) is 0 Å². The summed E-state index contributed by atoms with van der Waals surface area (Å²) >= 11 is 0. The number of amides is 1. The van der Waals surface area contributed by atoms with Crippen LogP contribution in [0.5, 0.6) is 0 Å². The quantitative estimate of drug-likeness (QED) is 0.826. The Morgan fingerprint density at radius 3 is 2.63 bits per heavy atom. The predicted molar refractivity (Wildman–Crippen MR) is 72.3 cm³/mol.